The molecule has 1 aliphatic heterocycles. The molecule has 1 aromatic carbocycles. The van der Waals surface area contributed by atoms with E-state index in [4.69, 9.17) is 0 Å². The van der Waals surface area contributed by atoms with Crippen LogP contribution in [0.4, 0.5) is 0 Å². The third kappa shape index (κ3) is 4.63. The average molecular weight is 260 g/mol. The van der Waals surface area contributed by atoms with Gasteiger partial charge in [0.05, 0.1) is 0 Å². The van der Waals surface area contributed by atoms with Gasteiger partial charge in [-0.15, -0.1) is 0 Å². The highest BCUT2D eigenvalue weighted by Crippen LogP contribution is 2.22. The number of hydrogen-bond acceptors (Lipinski definition) is 2. The highest BCUT2D eigenvalue weighted by atomic mass is 14.9. The first-order chi connectivity index (χ1) is 9.05. The van der Waals surface area contributed by atoms with E-state index >= 15 is 0 Å². The number of nitrogens with one attached hydrogen (secondary N) is 2. The van der Waals surface area contributed by atoms with Crippen molar-refractivity contribution in [3.63, 3.8) is 0 Å². The van der Waals surface area contributed by atoms with Crippen molar-refractivity contribution in [3.05, 3.63) is 35.4 Å². The van der Waals surface area contributed by atoms with Crippen LogP contribution < -0.4 is 10.6 Å². The number of hydrogen-bond donors (Lipinski definition) is 2. The van der Waals surface area contributed by atoms with Gasteiger partial charge < -0.3 is 10.6 Å². The monoisotopic (exact) mass is 260 g/mol. The molecule has 1 atom stereocenters. The molecule has 1 saturated heterocycles. The van der Waals surface area contributed by atoms with Crippen molar-refractivity contribution < 1.29 is 0 Å². The summed E-state index contributed by atoms with van der Waals surface area (Å²) in [4.78, 5) is 0. The van der Waals surface area contributed by atoms with E-state index in [2.05, 4.69) is 55.7 Å². The number of benzene rings is 1. The Labute approximate surface area is 118 Å². The fraction of sp³-hybridized carbons (Fsp3) is 0.647. The van der Waals surface area contributed by atoms with Crippen molar-refractivity contribution in [1.82, 2.24) is 10.6 Å². The minimum atomic E-state index is 0.256. The maximum Gasteiger partial charge on any atom is -0.000777 e. The zero-order valence-electron chi connectivity index (χ0n) is 12.6. The van der Waals surface area contributed by atoms with Gasteiger partial charge in [0.25, 0.3) is 0 Å². The van der Waals surface area contributed by atoms with Gasteiger partial charge >= 0.3 is 0 Å². The topological polar surface area (TPSA) is 24.1 Å². The maximum absolute atomic E-state index is 3.58. The Bertz CT molecular complexity index is 369. The van der Waals surface area contributed by atoms with E-state index < -0.39 is 0 Å². The lowest BCUT2D eigenvalue weighted by Gasteiger charge is -2.19. The Balaban J connectivity index is 1.71. The Hall–Kier alpha value is -0.860. The smallest absolute Gasteiger partial charge is 0.000777 e. The van der Waals surface area contributed by atoms with Crippen LogP contribution in [-0.4, -0.2) is 26.2 Å². The van der Waals surface area contributed by atoms with Crippen LogP contribution >= 0.6 is 0 Å². The third-order valence-electron chi connectivity index (χ3n) is 4.01. The molecule has 2 rings (SSSR count). The summed E-state index contributed by atoms with van der Waals surface area (Å²) in [5.74, 6) is 0.836. The summed E-state index contributed by atoms with van der Waals surface area (Å²) in [5, 5.41) is 6.99. The SMILES string of the molecule is CC(C)(C)c1ccc(CCNCC2CCNC2)cc1. The van der Waals surface area contributed by atoms with E-state index in [1.54, 1.807) is 0 Å². The van der Waals surface area contributed by atoms with Crippen molar-refractivity contribution in [2.45, 2.75) is 39.0 Å². The Kier molecular flexibility index (Phi) is 5.00. The highest BCUT2D eigenvalue weighted by molar-refractivity contribution is 5.27. The lowest BCUT2D eigenvalue weighted by Crippen LogP contribution is -2.26. The Morgan fingerprint density at radius 3 is 2.53 bits per heavy atom. The molecule has 1 fully saturated rings. The largest absolute Gasteiger partial charge is 0.316 e. The van der Waals surface area contributed by atoms with Crippen LogP contribution in [0.25, 0.3) is 0 Å². The first-order valence-electron chi connectivity index (χ1n) is 7.56. The first kappa shape index (κ1) is 14.5. The molecule has 1 heterocycles. The fourth-order valence-corrected chi connectivity index (χ4v) is 2.60. The van der Waals surface area contributed by atoms with Gasteiger partial charge in [-0.05, 0) is 61.5 Å². The van der Waals surface area contributed by atoms with Crippen LogP contribution in [0.3, 0.4) is 0 Å². The fourth-order valence-electron chi connectivity index (χ4n) is 2.60. The van der Waals surface area contributed by atoms with Crippen LogP contribution in [0.1, 0.15) is 38.3 Å². The van der Waals surface area contributed by atoms with Crippen LogP contribution in [0.2, 0.25) is 0 Å². The predicted molar refractivity (Wildman–Crippen MR) is 82.7 cm³/mol. The molecular formula is C17H28N2. The zero-order valence-corrected chi connectivity index (χ0v) is 12.6. The first-order valence-corrected chi connectivity index (χ1v) is 7.56. The maximum atomic E-state index is 3.58. The highest BCUT2D eigenvalue weighted by Gasteiger charge is 2.14. The average Bonchev–Trinajstić information content (AvgIpc) is 2.87. The zero-order chi connectivity index (χ0) is 13.7. The summed E-state index contributed by atoms with van der Waals surface area (Å²) in [6, 6.07) is 9.10. The van der Waals surface area contributed by atoms with E-state index in [0.29, 0.717) is 0 Å². The standard InChI is InChI=1S/C17H28N2/c1-17(2,3)16-6-4-14(5-7-16)8-10-18-12-15-9-11-19-13-15/h4-7,15,18-19H,8-13H2,1-3H3. The molecule has 2 N–H and O–H groups in total. The molecule has 0 saturated carbocycles. The van der Waals surface area contributed by atoms with Crippen LogP contribution in [0, 0.1) is 5.92 Å². The molecule has 19 heavy (non-hydrogen) atoms. The summed E-state index contributed by atoms with van der Waals surface area (Å²) in [6.07, 6.45) is 2.46. The summed E-state index contributed by atoms with van der Waals surface area (Å²) in [6.45, 7) is 11.4. The van der Waals surface area contributed by atoms with E-state index in [0.717, 1.165) is 25.4 Å². The molecule has 0 bridgehead atoms. The normalized spacial score (nSPS) is 19.8. The quantitative estimate of drug-likeness (QED) is 0.796. The minimum Gasteiger partial charge on any atom is -0.316 e. The molecular weight excluding hydrogens is 232 g/mol. The molecule has 1 aromatic rings. The summed E-state index contributed by atoms with van der Waals surface area (Å²) in [7, 11) is 0. The van der Waals surface area contributed by atoms with Gasteiger partial charge in [0, 0.05) is 0 Å². The summed E-state index contributed by atoms with van der Waals surface area (Å²) >= 11 is 0. The molecule has 2 nitrogen and oxygen atoms in total. The van der Waals surface area contributed by atoms with Gasteiger partial charge in [0.2, 0.25) is 0 Å². The lowest BCUT2D eigenvalue weighted by atomic mass is 9.86. The van der Waals surface area contributed by atoms with E-state index in [1.807, 2.05) is 0 Å². The lowest BCUT2D eigenvalue weighted by molar-refractivity contribution is 0.515. The molecule has 1 aliphatic rings. The van der Waals surface area contributed by atoms with Gasteiger partial charge in [0.1, 0.15) is 0 Å². The number of rotatable bonds is 5. The second kappa shape index (κ2) is 6.53. The molecule has 0 spiro atoms. The summed E-state index contributed by atoms with van der Waals surface area (Å²) in [5.41, 5.74) is 3.11. The molecule has 2 heteroatoms. The molecule has 106 valence electrons. The molecule has 0 aliphatic carbocycles. The molecule has 1 unspecified atom stereocenters. The van der Waals surface area contributed by atoms with Crippen molar-refractivity contribution in [2.24, 2.45) is 5.92 Å². The van der Waals surface area contributed by atoms with Gasteiger partial charge in [0.15, 0.2) is 0 Å². The second-order valence-corrected chi connectivity index (χ2v) is 6.76. The van der Waals surface area contributed by atoms with Crippen molar-refractivity contribution in [3.8, 4) is 0 Å². The van der Waals surface area contributed by atoms with Crippen molar-refractivity contribution >= 4 is 0 Å². The molecule has 0 radical (unpaired) electrons. The molecule has 0 aromatic heterocycles. The third-order valence-corrected chi connectivity index (χ3v) is 4.01. The van der Waals surface area contributed by atoms with E-state index in [9.17, 15) is 0 Å². The van der Waals surface area contributed by atoms with Crippen LogP contribution in [0.5, 0.6) is 0 Å². The van der Waals surface area contributed by atoms with E-state index in [-0.39, 0.29) is 5.41 Å². The minimum absolute atomic E-state index is 0.256. The van der Waals surface area contributed by atoms with E-state index in [1.165, 1.54) is 30.6 Å². The van der Waals surface area contributed by atoms with Gasteiger partial charge in [-0.1, -0.05) is 45.0 Å². The van der Waals surface area contributed by atoms with Gasteiger partial charge in [-0.2, -0.15) is 0 Å². The van der Waals surface area contributed by atoms with Crippen molar-refractivity contribution in [2.75, 3.05) is 26.2 Å². The van der Waals surface area contributed by atoms with Gasteiger partial charge in [-0.25, -0.2) is 0 Å². The summed E-state index contributed by atoms with van der Waals surface area (Å²) < 4.78 is 0. The van der Waals surface area contributed by atoms with Crippen molar-refractivity contribution in [1.29, 1.82) is 0 Å². The van der Waals surface area contributed by atoms with Gasteiger partial charge in [-0.3, -0.25) is 0 Å². The Morgan fingerprint density at radius 2 is 1.95 bits per heavy atom. The Morgan fingerprint density at radius 1 is 1.21 bits per heavy atom. The predicted octanol–water partition coefficient (Wildman–Crippen LogP) is 2.73. The second-order valence-electron chi connectivity index (χ2n) is 6.76. The molecule has 0 amide bonds. The van der Waals surface area contributed by atoms with Crippen LogP contribution in [-0.2, 0) is 11.8 Å². The van der Waals surface area contributed by atoms with Crippen LogP contribution in [0.15, 0.2) is 24.3 Å².